The van der Waals surface area contributed by atoms with E-state index in [2.05, 4.69) is 11.6 Å². The van der Waals surface area contributed by atoms with Gasteiger partial charge in [0.25, 0.3) is 0 Å². The molecule has 0 radical (unpaired) electrons. The first kappa shape index (κ1) is 16.1. The molecule has 0 spiro atoms. The quantitative estimate of drug-likeness (QED) is 0.726. The summed E-state index contributed by atoms with van der Waals surface area (Å²) in [5.74, 6) is -0.973. The van der Waals surface area contributed by atoms with Crippen molar-refractivity contribution >= 4 is 17.7 Å². The van der Waals surface area contributed by atoms with Crippen molar-refractivity contribution < 1.29 is 15.0 Å². The van der Waals surface area contributed by atoms with Crippen molar-refractivity contribution in [1.82, 2.24) is 5.32 Å². The summed E-state index contributed by atoms with van der Waals surface area (Å²) in [6, 6.07) is 0.500. The SMILES string of the molecule is CSC1CCCCC1NCC1(O)CCC(C(=O)O)CC1. The Kier molecular flexibility index (Phi) is 5.75. The van der Waals surface area contributed by atoms with E-state index in [1.54, 1.807) is 0 Å². The van der Waals surface area contributed by atoms with Crippen LogP contribution in [0.2, 0.25) is 0 Å². The molecule has 0 aromatic rings. The Morgan fingerprint density at radius 2 is 1.90 bits per heavy atom. The van der Waals surface area contributed by atoms with Crippen molar-refractivity contribution in [1.29, 1.82) is 0 Å². The average molecular weight is 301 g/mol. The summed E-state index contributed by atoms with van der Waals surface area (Å²) in [7, 11) is 0. The van der Waals surface area contributed by atoms with Gasteiger partial charge in [-0.1, -0.05) is 12.8 Å². The summed E-state index contributed by atoms with van der Waals surface area (Å²) in [4.78, 5) is 11.0. The number of carboxylic acids is 1. The predicted octanol–water partition coefficient (Wildman–Crippen LogP) is 2.26. The standard InChI is InChI=1S/C15H27NO3S/c1-20-13-5-3-2-4-12(13)16-10-15(19)8-6-11(7-9-15)14(17)18/h11-13,16,19H,2-10H2,1H3,(H,17,18). The van der Waals surface area contributed by atoms with Gasteiger partial charge in [0, 0.05) is 17.8 Å². The van der Waals surface area contributed by atoms with E-state index < -0.39 is 11.6 Å². The number of carboxylic acid groups (broad SMARTS) is 1. The molecular weight excluding hydrogens is 274 g/mol. The zero-order chi connectivity index (χ0) is 14.6. The minimum Gasteiger partial charge on any atom is -0.481 e. The highest BCUT2D eigenvalue weighted by molar-refractivity contribution is 7.99. The van der Waals surface area contributed by atoms with Crippen LogP contribution in [0.5, 0.6) is 0 Å². The first-order valence-electron chi connectivity index (χ1n) is 7.75. The van der Waals surface area contributed by atoms with Gasteiger partial charge in [0.15, 0.2) is 0 Å². The van der Waals surface area contributed by atoms with Crippen LogP contribution in [-0.4, -0.2) is 45.9 Å². The monoisotopic (exact) mass is 301 g/mol. The maximum Gasteiger partial charge on any atom is 0.306 e. The number of thioether (sulfide) groups is 1. The summed E-state index contributed by atoms with van der Waals surface area (Å²) in [5, 5.41) is 23.8. The lowest BCUT2D eigenvalue weighted by Crippen LogP contribution is -2.50. The first-order valence-corrected chi connectivity index (χ1v) is 9.04. The van der Waals surface area contributed by atoms with Crippen molar-refractivity contribution in [3.05, 3.63) is 0 Å². The lowest BCUT2D eigenvalue weighted by molar-refractivity contribution is -0.144. The lowest BCUT2D eigenvalue weighted by atomic mass is 9.78. The summed E-state index contributed by atoms with van der Waals surface area (Å²) < 4.78 is 0. The molecule has 2 atom stereocenters. The fraction of sp³-hybridized carbons (Fsp3) is 0.933. The second-order valence-electron chi connectivity index (χ2n) is 6.38. The molecule has 2 rings (SSSR count). The number of nitrogens with one attached hydrogen (secondary N) is 1. The highest BCUT2D eigenvalue weighted by atomic mass is 32.2. The molecule has 0 aromatic carbocycles. The molecule has 4 nitrogen and oxygen atoms in total. The first-order chi connectivity index (χ1) is 9.54. The number of hydrogen-bond acceptors (Lipinski definition) is 4. The predicted molar refractivity (Wildman–Crippen MR) is 82.1 cm³/mol. The van der Waals surface area contributed by atoms with Crippen LogP contribution >= 0.6 is 11.8 Å². The summed E-state index contributed by atoms with van der Waals surface area (Å²) in [5.41, 5.74) is -0.702. The summed E-state index contributed by atoms with van der Waals surface area (Å²) in [6.45, 7) is 0.612. The number of aliphatic hydroxyl groups is 1. The van der Waals surface area contributed by atoms with Gasteiger partial charge in [-0.2, -0.15) is 11.8 Å². The highest BCUT2D eigenvalue weighted by Crippen LogP contribution is 2.33. The number of carbonyl (C=O) groups is 1. The molecule has 0 saturated heterocycles. The molecule has 0 aliphatic heterocycles. The van der Waals surface area contributed by atoms with Gasteiger partial charge in [-0.15, -0.1) is 0 Å². The minimum absolute atomic E-state index is 0.260. The Labute approximate surface area is 125 Å². The van der Waals surface area contributed by atoms with Gasteiger partial charge in [-0.05, 0) is 44.8 Å². The Hall–Kier alpha value is -0.260. The molecule has 20 heavy (non-hydrogen) atoms. The van der Waals surface area contributed by atoms with E-state index in [-0.39, 0.29) is 5.92 Å². The van der Waals surface area contributed by atoms with E-state index in [4.69, 9.17) is 5.11 Å². The van der Waals surface area contributed by atoms with Crippen LogP contribution in [0.15, 0.2) is 0 Å². The maximum atomic E-state index is 11.0. The van der Waals surface area contributed by atoms with Crippen molar-refractivity contribution in [2.24, 2.45) is 5.92 Å². The van der Waals surface area contributed by atoms with Crippen LogP contribution in [0.4, 0.5) is 0 Å². The second kappa shape index (κ2) is 7.14. The van der Waals surface area contributed by atoms with E-state index in [1.165, 1.54) is 25.7 Å². The summed E-state index contributed by atoms with van der Waals surface area (Å²) in [6.07, 6.45) is 9.62. The number of aliphatic carboxylic acids is 1. The molecule has 2 fully saturated rings. The average Bonchev–Trinajstić information content (AvgIpc) is 2.46. The summed E-state index contributed by atoms with van der Waals surface area (Å²) >= 11 is 1.92. The lowest BCUT2D eigenvalue weighted by Gasteiger charge is -2.38. The topological polar surface area (TPSA) is 69.6 Å². The number of rotatable bonds is 5. The number of hydrogen-bond donors (Lipinski definition) is 3. The highest BCUT2D eigenvalue weighted by Gasteiger charge is 2.36. The molecule has 2 unspecified atom stereocenters. The zero-order valence-electron chi connectivity index (χ0n) is 12.3. The van der Waals surface area contributed by atoms with Gasteiger partial charge in [0.1, 0.15) is 0 Å². The van der Waals surface area contributed by atoms with E-state index in [0.717, 1.165) is 0 Å². The smallest absolute Gasteiger partial charge is 0.306 e. The van der Waals surface area contributed by atoms with Gasteiger partial charge >= 0.3 is 5.97 Å². The third kappa shape index (κ3) is 4.12. The molecular formula is C15H27NO3S. The van der Waals surface area contributed by atoms with Gasteiger partial charge in [0.05, 0.1) is 11.5 Å². The normalized spacial score (nSPS) is 38.6. The van der Waals surface area contributed by atoms with E-state index >= 15 is 0 Å². The zero-order valence-corrected chi connectivity index (χ0v) is 13.1. The largest absolute Gasteiger partial charge is 0.481 e. The molecule has 0 heterocycles. The van der Waals surface area contributed by atoms with Crippen molar-refractivity contribution in [2.75, 3.05) is 12.8 Å². The molecule has 116 valence electrons. The molecule has 3 N–H and O–H groups in total. The second-order valence-corrected chi connectivity index (χ2v) is 7.46. The Bertz CT molecular complexity index is 329. The molecule has 5 heteroatoms. The van der Waals surface area contributed by atoms with Gasteiger partial charge in [-0.25, -0.2) is 0 Å². The van der Waals surface area contributed by atoms with Crippen LogP contribution in [0.1, 0.15) is 51.4 Å². The molecule has 0 aromatic heterocycles. The van der Waals surface area contributed by atoms with Crippen LogP contribution < -0.4 is 5.32 Å². The molecule has 2 aliphatic carbocycles. The van der Waals surface area contributed by atoms with Crippen molar-refractivity contribution in [3.63, 3.8) is 0 Å². The third-order valence-corrected chi connectivity index (χ3v) is 6.13. The fourth-order valence-corrected chi connectivity index (χ4v) is 4.48. The minimum atomic E-state index is -0.713. The Morgan fingerprint density at radius 3 is 2.50 bits per heavy atom. The van der Waals surface area contributed by atoms with Gasteiger partial charge in [0.2, 0.25) is 0 Å². The molecule has 2 saturated carbocycles. The molecule has 2 aliphatic rings. The van der Waals surface area contributed by atoms with Gasteiger partial charge in [-0.3, -0.25) is 4.79 Å². The van der Waals surface area contributed by atoms with E-state index in [9.17, 15) is 9.90 Å². The van der Waals surface area contributed by atoms with E-state index in [1.807, 2.05) is 11.8 Å². The van der Waals surface area contributed by atoms with Crippen LogP contribution in [0.3, 0.4) is 0 Å². The van der Waals surface area contributed by atoms with E-state index in [0.29, 0.717) is 43.5 Å². The van der Waals surface area contributed by atoms with Crippen LogP contribution in [0, 0.1) is 5.92 Å². The third-order valence-electron chi connectivity index (χ3n) is 4.96. The van der Waals surface area contributed by atoms with Crippen molar-refractivity contribution in [2.45, 2.75) is 68.3 Å². The Morgan fingerprint density at radius 1 is 1.25 bits per heavy atom. The van der Waals surface area contributed by atoms with Gasteiger partial charge < -0.3 is 15.5 Å². The maximum absolute atomic E-state index is 11.0. The van der Waals surface area contributed by atoms with Crippen LogP contribution in [-0.2, 0) is 4.79 Å². The van der Waals surface area contributed by atoms with Crippen molar-refractivity contribution in [3.8, 4) is 0 Å². The Balaban J connectivity index is 1.79. The van der Waals surface area contributed by atoms with Crippen LogP contribution in [0.25, 0.3) is 0 Å². The molecule has 0 bridgehead atoms. The molecule has 0 amide bonds. The fourth-order valence-electron chi connectivity index (χ4n) is 3.51.